The lowest BCUT2D eigenvalue weighted by molar-refractivity contribution is -0.869. The summed E-state index contributed by atoms with van der Waals surface area (Å²) in [6, 6.07) is 10.4. The number of aliphatic carboxylic acids is 1. The number of piperazine rings is 1. The summed E-state index contributed by atoms with van der Waals surface area (Å²) in [4.78, 5) is 35.4. The first-order chi connectivity index (χ1) is 22.1. The minimum absolute atomic E-state index is 0.0227. The van der Waals surface area contributed by atoms with E-state index in [-0.39, 0.29) is 11.7 Å². The number of carboxylic acid groups (broad SMARTS) is 1. The molecule has 0 atom stereocenters. The number of nitrogens with one attached hydrogen (secondary N) is 1. The maximum atomic E-state index is 14.3. The molecule has 2 aromatic heterocycles. The van der Waals surface area contributed by atoms with Crippen molar-refractivity contribution in [3.05, 3.63) is 70.8 Å². The number of likely N-dealkylation sites (N-methyl/N-ethyl adjacent to an activating group) is 1. The fourth-order valence-corrected chi connectivity index (χ4v) is 5.28. The van der Waals surface area contributed by atoms with Crippen molar-refractivity contribution in [3.8, 4) is 17.0 Å². The normalized spacial score (nSPS) is 14.0. The smallest absolute Gasteiger partial charge is 0.430 e. The second-order valence-electron chi connectivity index (χ2n) is 11.7. The van der Waals surface area contributed by atoms with Gasteiger partial charge in [-0.05, 0) is 52.3 Å². The van der Waals surface area contributed by atoms with Crippen molar-refractivity contribution in [2.24, 2.45) is 0 Å². The minimum atomic E-state index is -5.19. The first-order valence-electron chi connectivity index (χ1n) is 14.4. The van der Waals surface area contributed by atoms with E-state index in [0.717, 1.165) is 42.0 Å². The molecule has 1 aliphatic heterocycles. The van der Waals surface area contributed by atoms with Crippen LogP contribution in [-0.2, 0) is 4.79 Å². The van der Waals surface area contributed by atoms with E-state index in [4.69, 9.17) is 14.6 Å². The average Bonchev–Trinajstić information content (AvgIpc) is 3.45. The predicted octanol–water partition coefficient (Wildman–Crippen LogP) is 3.81. The Morgan fingerprint density at radius 3 is 2.32 bits per heavy atom. The third-order valence-corrected chi connectivity index (χ3v) is 7.97. The van der Waals surface area contributed by atoms with Gasteiger partial charge in [0.1, 0.15) is 5.97 Å². The number of imidazole rings is 1. The van der Waals surface area contributed by atoms with E-state index < -0.39 is 18.0 Å². The fraction of sp³-hybridized carbons (Fsp3) is 0.355. The van der Waals surface area contributed by atoms with Crippen molar-refractivity contribution in [1.29, 1.82) is 0 Å². The number of carbonyl (C=O) groups is 2. The van der Waals surface area contributed by atoms with Crippen molar-refractivity contribution >= 4 is 45.0 Å². The standard InChI is InChI=1S/C29H33BrFN7O2.C2HF3O2/c1-38(2,3)16-15-35-11-13-36(14-12-35)29(39)22-7-6-21(18-23(22)30)34-27-28-33-19-25(37(28)10-9-32-27)20-5-8-26(40-4)24(31)17-20;3-2(4,5)1(6)7/h5-10,17-19H,11-16H2,1-4H3;(H,6,7). The Balaban J connectivity index is 0.000000644. The van der Waals surface area contributed by atoms with Crippen molar-refractivity contribution in [2.45, 2.75) is 6.18 Å². The van der Waals surface area contributed by atoms with E-state index in [2.05, 4.69) is 57.3 Å². The van der Waals surface area contributed by atoms with Crippen molar-refractivity contribution in [1.82, 2.24) is 24.2 Å². The summed E-state index contributed by atoms with van der Waals surface area (Å²) >= 11 is 3.60. The zero-order chi connectivity index (χ0) is 34.5. The number of fused-ring (bicyclic) bond motifs is 1. The van der Waals surface area contributed by atoms with Gasteiger partial charge in [0.15, 0.2) is 23.0 Å². The fourth-order valence-electron chi connectivity index (χ4n) is 4.74. The number of ether oxygens (including phenoxy) is 1. The number of quaternary nitrogens is 1. The lowest BCUT2D eigenvalue weighted by Crippen LogP contribution is -2.51. The molecular weight excluding hydrogens is 690 g/mol. The van der Waals surface area contributed by atoms with Crippen molar-refractivity contribution in [3.63, 3.8) is 0 Å². The highest BCUT2D eigenvalue weighted by molar-refractivity contribution is 9.10. The molecule has 1 amide bonds. The molecule has 5 rings (SSSR count). The molecule has 4 aromatic rings. The largest absolute Gasteiger partial charge is 0.542 e. The van der Waals surface area contributed by atoms with Crippen LogP contribution in [0.2, 0.25) is 0 Å². The molecule has 0 spiro atoms. The highest BCUT2D eigenvalue weighted by Gasteiger charge is 2.29. The topological polar surface area (TPSA) is 115 Å². The molecule has 47 heavy (non-hydrogen) atoms. The number of rotatable bonds is 8. The van der Waals surface area contributed by atoms with E-state index in [1.165, 1.54) is 13.2 Å². The number of anilines is 2. The van der Waals surface area contributed by atoms with Crippen LogP contribution < -0.4 is 15.2 Å². The maximum Gasteiger partial charge on any atom is 0.430 e. The molecule has 0 bridgehead atoms. The summed E-state index contributed by atoms with van der Waals surface area (Å²) in [5.74, 6) is -2.70. The third-order valence-electron chi connectivity index (χ3n) is 7.32. The predicted molar refractivity (Wildman–Crippen MR) is 169 cm³/mol. The monoisotopic (exact) mass is 723 g/mol. The molecule has 1 saturated heterocycles. The summed E-state index contributed by atoms with van der Waals surface area (Å²) in [6.45, 7) is 5.31. The van der Waals surface area contributed by atoms with E-state index in [9.17, 15) is 22.4 Å². The van der Waals surface area contributed by atoms with Gasteiger partial charge in [0.2, 0.25) is 0 Å². The van der Waals surface area contributed by atoms with Gasteiger partial charge in [-0.1, -0.05) is 0 Å². The summed E-state index contributed by atoms with van der Waals surface area (Å²) < 4.78 is 54.4. The molecule has 1 fully saturated rings. The number of aromatic nitrogens is 3. The minimum Gasteiger partial charge on any atom is -0.542 e. The number of carboxylic acids is 1. The summed E-state index contributed by atoms with van der Waals surface area (Å²) in [5.41, 5.74) is 3.37. The third kappa shape index (κ3) is 9.17. The molecule has 1 aliphatic rings. The van der Waals surface area contributed by atoms with Gasteiger partial charge in [0.05, 0.1) is 52.3 Å². The number of alkyl halides is 3. The molecule has 252 valence electrons. The number of benzene rings is 2. The van der Waals surface area contributed by atoms with Gasteiger partial charge in [-0.2, -0.15) is 13.2 Å². The van der Waals surface area contributed by atoms with E-state index >= 15 is 0 Å². The average molecular weight is 725 g/mol. The van der Waals surface area contributed by atoms with Crippen molar-refractivity contribution < 1.29 is 41.5 Å². The molecule has 1 N–H and O–H groups in total. The number of methoxy groups -OCH3 is 1. The van der Waals surface area contributed by atoms with Crippen LogP contribution >= 0.6 is 15.9 Å². The van der Waals surface area contributed by atoms with Gasteiger partial charge in [-0.3, -0.25) is 14.1 Å². The quantitative estimate of drug-likeness (QED) is 0.216. The summed E-state index contributed by atoms with van der Waals surface area (Å²) in [5, 5.41) is 12.1. The van der Waals surface area contributed by atoms with Gasteiger partial charge in [0.25, 0.3) is 5.91 Å². The zero-order valence-corrected chi connectivity index (χ0v) is 27.7. The lowest BCUT2D eigenvalue weighted by Gasteiger charge is -2.36. The molecule has 16 heteroatoms. The van der Waals surface area contributed by atoms with Crippen LogP contribution in [0.3, 0.4) is 0 Å². The van der Waals surface area contributed by atoms with Crippen LogP contribution in [0.1, 0.15) is 10.4 Å². The van der Waals surface area contributed by atoms with Gasteiger partial charge in [-0.25, -0.2) is 14.4 Å². The number of carbonyl (C=O) groups excluding carboxylic acids is 2. The molecule has 0 unspecified atom stereocenters. The molecule has 11 nitrogen and oxygen atoms in total. The number of nitrogens with zero attached hydrogens (tertiary/aromatic N) is 6. The molecule has 0 radical (unpaired) electrons. The van der Waals surface area contributed by atoms with Crippen LogP contribution in [0.4, 0.5) is 29.1 Å². The number of hydrogen-bond donors (Lipinski definition) is 1. The maximum absolute atomic E-state index is 14.3. The Labute approximate surface area is 277 Å². The Hall–Kier alpha value is -4.28. The van der Waals surface area contributed by atoms with Crippen LogP contribution in [0.5, 0.6) is 5.75 Å². The first kappa shape index (κ1) is 35.6. The number of hydrogen-bond acceptors (Lipinski definition) is 8. The second-order valence-corrected chi connectivity index (χ2v) is 12.6. The number of amides is 1. The van der Waals surface area contributed by atoms with Crippen LogP contribution in [0.25, 0.3) is 16.9 Å². The Morgan fingerprint density at radius 1 is 1.06 bits per heavy atom. The highest BCUT2D eigenvalue weighted by Crippen LogP contribution is 2.30. The molecule has 0 aliphatic carbocycles. The summed E-state index contributed by atoms with van der Waals surface area (Å²) in [7, 11) is 8.03. The Kier molecular flexibility index (Phi) is 11.1. The Morgan fingerprint density at radius 2 is 1.74 bits per heavy atom. The zero-order valence-electron chi connectivity index (χ0n) is 26.1. The van der Waals surface area contributed by atoms with Crippen LogP contribution in [0.15, 0.2) is 59.5 Å². The Bertz CT molecular complexity index is 1740. The van der Waals surface area contributed by atoms with Gasteiger partial charge in [-0.15, -0.1) is 0 Å². The van der Waals surface area contributed by atoms with E-state index in [1.54, 1.807) is 30.7 Å². The van der Waals surface area contributed by atoms with E-state index in [0.29, 0.717) is 40.2 Å². The molecule has 3 heterocycles. The van der Waals surface area contributed by atoms with Gasteiger partial charge >= 0.3 is 6.18 Å². The first-order valence-corrected chi connectivity index (χ1v) is 15.2. The molecular formula is C31H34BrF4N7O4. The van der Waals surface area contributed by atoms with Gasteiger partial charge < -0.3 is 29.3 Å². The van der Waals surface area contributed by atoms with Crippen molar-refractivity contribution in [2.75, 3.05) is 72.8 Å². The lowest BCUT2D eigenvalue weighted by atomic mass is 10.1. The molecule has 2 aromatic carbocycles. The second kappa shape index (κ2) is 14.6. The number of halogens is 5. The van der Waals surface area contributed by atoms with Crippen LogP contribution in [0, 0.1) is 5.82 Å². The highest BCUT2D eigenvalue weighted by atomic mass is 79.9. The van der Waals surface area contributed by atoms with Gasteiger partial charge in [0, 0.05) is 60.8 Å². The van der Waals surface area contributed by atoms with E-state index in [1.807, 2.05) is 27.5 Å². The summed E-state index contributed by atoms with van der Waals surface area (Å²) in [6.07, 6.45) is -0.0682. The molecule has 0 saturated carbocycles. The SMILES string of the molecule is COc1ccc(-c2cnc3c(Nc4ccc(C(=O)N5CCN(CC[N+](C)(C)C)CC5)c(Br)c4)nccn23)cc1F.O=C([O-])C(F)(F)F. The van der Waals surface area contributed by atoms with Crippen LogP contribution in [-0.4, -0.2) is 114 Å².